The normalized spacial score (nSPS) is 22.9. The molecule has 0 aromatic heterocycles. The molecule has 0 aromatic carbocycles. The number of aliphatic imine (C=N–C) groups is 1. The maximum absolute atomic E-state index is 11.8. The van der Waals surface area contributed by atoms with Gasteiger partial charge in [-0.15, -0.1) is 24.0 Å². The van der Waals surface area contributed by atoms with Gasteiger partial charge in [-0.2, -0.15) is 0 Å². The molecule has 2 aliphatic heterocycles. The number of likely N-dealkylation sites (tertiary alicyclic amines) is 2. The monoisotopic (exact) mass is 509 g/mol. The van der Waals surface area contributed by atoms with Gasteiger partial charge in [0.2, 0.25) is 0 Å². The predicted molar refractivity (Wildman–Crippen MR) is 126 cm³/mol. The Morgan fingerprint density at radius 1 is 1.18 bits per heavy atom. The molecule has 0 spiro atoms. The molecule has 2 fully saturated rings. The van der Waals surface area contributed by atoms with E-state index in [1.54, 1.807) is 4.90 Å². The second kappa shape index (κ2) is 13.5. The van der Waals surface area contributed by atoms with Crippen molar-refractivity contribution in [3.63, 3.8) is 0 Å². The van der Waals surface area contributed by atoms with Gasteiger partial charge >= 0.3 is 6.09 Å². The summed E-state index contributed by atoms with van der Waals surface area (Å²) in [6.07, 6.45) is 5.59. The zero-order valence-electron chi connectivity index (χ0n) is 18.1. The fourth-order valence-corrected chi connectivity index (χ4v) is 4.04. The maximum Gasteiger partial charge on any atom is 0.409 e. The Hall–Kier alpha value is -0.770. The Balaban J connectivity index is 0.00000392. The van der Waals surface area contributed by atoms with Crippen molar-refractivity contribution in [2.24, 2.45) is 4.99 Å². The van der Waals surface area contributed by atoms with E-state index in [0.29, 0.717) is 24.7 Å². The molecule has 2 aliphatic rings. The lowest BCUT2D eigenvalue weighted by Crippen LogP contribution is -2.50. The van der Waals surface area contributed by atoms with E-state index in [-0.39, 0.29) is 30.1 Å². The number of carbonyl (C=O) groups is 1. The van der Waals surface area contributed by atoms with Gasteiger partial charge in [-0.05, 0) is 59.9 Å². The molecule has 1 amide bonds. The van der Waals surface area contributed by atoms with Gasteiger partial charge in [-0.3, -0.25) is 9.89 Å². The van der Waals surface area contributed by atoms with E-state index in [1.165, 1.54) is 25.8 Å². The molecule has 28 heavy (non-hydrogen) atoms. The third kappa shape index (κ3) is 7.93. The molecule has 0 bridgehead atoms. The van der Waals surface area contributed by atoms with Gasteiger partial charge in [0.1, 0.15) is 0 Å². The van der Waals surface area contributed by atoms with Crippen LogP contribution in [0.5, 0.6) is 0 Å². The summed E-state index contributed by atoms with van der Waals surface area (Å²) in [4.78, 5) is 21.1. The minimum atomic E-state index is -0.194. The zero-order valence-corrected chi connectivity index (χ0v) is 20.4. The molecule has 0 aromatic rings. The van der Waals surface area contributed by atoms with Crippen LogP contribution in [0.15, 0.2) is 4.99 Å². The van der Waals surface area contributed by atoms with E-state index in [9.17, 15) is 4.79 Å². The molecule has 0 aliphatic carbocycles. The lowest BCUT2D eigenvalue weighted by Gasteiger charge is -2.37. The number of carbonyl (C=O) groups excluding carboxylic acids is 1. The van der Waals surface area contributed by atoms with Crippen LogP contribution in [-0.4, -0.2) is 79.3 Å². The average Bonchev–Trinajstić information content (AvgIpc) is 2.67. The molecular weight excluding hydrogens is 469 g/mol. The Morgan fingerprint density at radius 2 is 1.89 bits per heavy atom. The second-order valence-corrected chi connectivity index (χ2v) is 7.76. The van der Waals surface area contributed by atoms with Crippen LogP contribution in [0.4, 0.5) is 4.79 Å². The van der Waals surface area contributed by atoms with E-state index in [4.69, 9.17) is 9.73 Å². The molecule has 2 atom stereocenters. The number of piperidine rings is 2. The Bertz CT molecular complexity index is 483. The topological polar surface area (TPSA) is 69.2 Å². The van der Waals surface area contributed by atoms with Crippen molar-refractivity contribution in [2.45, 2.75) is 77.9 Å². The summed E-state index contributed by atoms with van der Waals surface area (Å²) in [7, 11) is 0. The molecular formula is C20H40IN5O2. The number of amides is 1. The molecule has 2 saturated heterocycles. The first kappa shape index (κ1) is 25.3. The number of hydrogen-bond acceptors (Lipinski definition) is 4. The van der Waals surface area contributed by atoms with Crippen LogP contribution < -0.4 is 10.6 Å². The van der Waals surface area contributed by atoms with Gasteiger partial charge in [0, 0.05) is 37.8 Å². The van der Waals surface area contributed by atoms with E-state index in [1.807, 2.05) is 6.92 Å². The van der Waals surface area contributed by atoms with Crippen molar-refractivity contribution >= 4 is 36.0 Å². The molecule has 2 heterocycles. The van der Waals surface area contributed by atoms with Crippen molar-refractivity contribution in [3.8, 4) is 0 Å². The number of rotatable bonds is 6. The van der Waals surface area contributed by atoms with Gasteiger partial charge in [0.05, 0.1) is 13.2 Å². The fraction of sp³-hybridized carbons (Fsp3) is 0.900. The molecule has 2 unspecified atom stereocenters. The van der Waals surface area contributed by atoms with Gasteiger partial charge in [-0.1, -0.05) is 6.42 Å². The SMILES string of the molecule is CCNC(=NCC(C)N1CCCCC1C)NC1CCN(C(=O)OCC)CC1.I. The standard InChI is InChI=1S/C20H39N5O2.HI/c1-5-21-19(22-15-17(4)25-12-8-7-9-16(25)3)23-18-10-13-24(14-11-18)20(26)27-6-2;/h16-18H,5-15H2,1-4H3,(H2,21,22,23);1H. The van der Waals surface area contributed by atoms with Crippen LogP contribution in [0, 0.1) is 0 Å². The number of guanidine groups is 1. The molecule has 0 radical (unpaired) electrons. The first-order valence-electron chi connectivity index (χ1n) is 10.8. The second-order valence-electron chi connectivity index (χ2n) is 7.76. The van der Waals surface area contributed by atoms with Gasteiger partial charge in [-0.25, -0.2) is 4.79 Å². The average molecular weight is 509 g/mol. The highest BCUT2D eigenvalue weighted by atomic mass is 127. The van der Waals surface area contributed by atoms with Crippen LogP contribution in [0.3, 0.4) is 0 Å². The molecule has 164 valence electrons. The smallest absolute Gasteiger partial charge is 0.409 e. The molecule has 2 N–H and O–H groups in total. The van der Waals surface area contributed by atoms with E-state index in [0.717, 1.165) is 45.0 Å². The summed E-state index contributed by atoms with van der Waals surface area (Å²) in [5.74, 6) is 0.892. The highest BCUT2D eigenvalue weighted by Gasteiger charge is 2.25. The van der Waals surface area contributed by atoms with Gasteiger partial charge < -0.3 is 20.3 Å². The van der Waals surface area contributed by atoms with E-state index < -0.39 is 0 Å². The molecule has 8 heteroatoms. The minimum Gasteiger partial charge on any atom is -0.450 e. The molecule has 7 nitrogen and oxygen atoms in total. The lowest BCUT2D eigenvalue weighted by molar-refractivity contribution is 0.0962. The number of nitrogens with zero attached hydrogens (tertiary/aromatic N) is 3. The largest absolute Gasteiger partial charge is 0.450 e. The van der Waals surface area contributed by atoms with Crippen molar-refractivity contribution in [3.05, 3.63) is 0 Å². The predicted octanol–water partition coefficient (Wildman–Crippen LogP) is 3.04. The number of ether oxygens (including phenoxy) is 1. The zero-order chi connectivity index (χ0) is 19.6. The van der Waals surface area contributed by atoms with E-state index >= 15 is 0 Å². The summed E-state index contributed by atoms with van der Waals surface area (Å²) < 4.78 is 5.09. The third-order valence-electron chi connectivity index (χ3n) is 5.64. The fourth-order valence-electron chi connectivity index (χ4n) is 4.04. The minimum absolute atomic E-state index is 0. The third-order valence-corrected chi connectivity index (χ3v) is 5.64. The summed E-state index contributed by atoms with van der Waals surface area (Å²) in [5.41, 5.74) is 0. The van der Waals surface area contributed by atoms with Crippen molar-refractivity contribution in [1.82, 2.24) is 20.4 Å². The summed E-state index contributed by atoms with van der Waals surface area (Å²) in [5, 5.41) is 6.93. The van der Waals surface area contributed by atoms with Gasteiger partial charge in [0.25, 0.3) is 0 Å². The van der Waals surface area contributed by atoms with Crippen LogP contribution in [0.1, 0.15) is 59.8 Å². The van der Waals surface area contributed by atoms with Crippen LogP contribution in [-0.2, 0) is 4.74 Å². The molecule has 0 saturated carbocycles. The molecule has 2 rings (SSSR count). The Kier molecular flexibility index (Phi) is 12.1. The van der Waals surface area contributed by atoms with Crippen molar-refractivity contribution < 1.29 is 9.53 Å². The highest BCUT2D eigenvalue weighted by Crippen LogP contribution is 2.19. The summed E-state index contributed by atoms with van der Waals surface area (Å²) in [6.45, 7) is 13.3. The van der Waals surface area contributed by atoms with Crippen LogP contribution in [0.25, 0.3) is 0 Å². The number of hydrogen-bond donors (Lipinski definition) is 2. The summed E-state index contributed by atoms with van der Waals surface area (Å²) in [6, 6.07) is 1.46. The lowest BCUT2D eigenvalue weighted by atomic mass is 10.0. The van der Waals surface area contributed by atoms with Crippen LogP contribution >= 0.6 is 24.0 Å². The first-order chi connectivity index (χ1) is 13.0. The summed E-state index contributed by atoms with van der Waals surface area (Å²) >= 11 is 0. The Morgan fingerprint density at radius 3 is 2.50 bits per heavy atom. The Labute approximate surface area is 188 Å². The highest BCUT2D eigenvalue weighted by molar-refractivity contribution is 14.0. The number of halogens is 1. The van der Waals surface area contributed by atoms with Gasteiger partial charge in [0.15, 0.2) is 5.96 Å². The van der Waals surface area contributed by atoms with Crippen molar-refractivity contribution in [2.75, 3.05) is 39.3 Å². The van der Waals surface area contributed by atoms with Crippen molar-refractivity contribution in [1.29, 1.82) is 0 Å². The number of nitrogens with one attached hydrogen (secondary N) is 2. The maximum atomic E-state index is 11.8. The van der Waals surface area contributed by atoms with Crippen LogP contribution in [0.2, 0.25) is 0 Å². The quantitative estimate of drug-likeness (QED) is 0.327. The van der Waals surface area contributed by atoms with E-state index in [2.05, 4.69) is 36.3 Å². The first-order valence-corrected chi connectivity index (χ1v) is 10.8.